The van der Waals surface area contributed by atoms with Crippen LogP contribution in [0, 0.1) is 6.92 Å². The lowest BCUT2D eigenvalue weighted by Gasteiger charge is -2.47. The summed E-state index contributed by atoms with van der Waals surface area (Å²) in [5, 5.41) is 2.60. The van der Waals surface area contributed by atoms with E-state index in [4.69, 9.17) is 0 Å². The van der Waals surface area contributed by atoms with E-state index < -0.39 is 0 Å². The summed E-state index contributed by atoms with van der Waals surface area (Å²) < 4.78 is 0. The summed E-state index contributed by atoms with van der Waals surface area (Å²) in [5.41, 5.74) is 15.7. The maximum absolute atomic E-state index is 2.69. The van der Waals surface area contributed by atoms with Crippen molar-refractivity contribution in [3.8, 4) is 0 Å². The smallest absolute Gasteiger partial charge is 0.0455 e. The Hall–Kier alpha value is -4.36. The Bertz CT molecular complexity index is 1970. The second-order valence-electron chi connectivity index (χ2n) is 14.3. The van der Waals surface area contributed by atoms with Crippen molar-refractivity contribution in [2.24, 2.45) is 0 Å². The number of para-hydroxylation sites is 2. The summed E-state index contributed by atoms with van der Waals surface area (Å²) in [7, 11) is 0. The van der Waals surface area contributed by atoms with Crippen molar-refractivity contribution in [1.82, 2.24) is 0 Å². The van der Waals surface area contributed by atoms with E-state index >= 15 is 0 Å². The Labute approximate surface area is 262 Å². The number of aryl methyl sites for hydroxylation is 1. The third-order valence-electron chi connectivity index (χ3n) is 10.9. The molecule has 0 saturated heterocycles. The van der Waals surface area contributed by atoms with Crippen molar-refractivity contribution in [3.05, 3.63) is 148 Å². The van der Waals surface area contributed by atoms with Crippen molar-refractivity contribution in [3.63, 3.8) is 0 Å². The van der Waals surface area contributed by atoms with Gasteiger partial charge in [-0.15, -0.1) is 0 Å². The zero-order valence-electron chi connectivity index (χ0n) is 26.6. The standard InChI is InChI=1S/C43H41N/c1-28-14-19-32-25-29(17-20-31(32)24-28)15-16-30-18-22-34-35-23-21-33(27-39(35)43(4,5)38(34)26-30)44-40-12-8-6-10-36(40)42(2,3)37-11-7-9-13-41(37)44/h6-20,22,24-26,33H,21,23,27H2,1-5H3. The molecule has 0 saturated carbocycles. The Morgan fingerprint density at radius 2 is 1.25 bits per heavy atom. The molecular formula is C43H41N. The van der Waals surface area contributed by atoms with Crippen LogP contribution in [0.4, 0.5) is 11.4 Å². The van der Waals surface area contributed by atoms with Gasteiger partial charge in [-0.05, 0) is 94.1 Å². The molecule has 5 aromatic carbocycles. The monoisotopic (exact) mass is 571 g/mol. The lowest BCUT2D eigenvalue weighted by atomic mass is 9.72. The van der Waals surface area contributed by atoms with Crippen LogP contribution in [-0.4, -0.2) is 6.04 Å². The van der Waals surface area contributed by atoms with E-state index in [1.165, 1.54) is 67.5 Å². The van der Waals surface area contributed by atoms with Gasteiger partial charge in [-0.1, -0.05) is 136 Å². The van der Waals surface area contributed by atoms with Crippen LogP contribution in [0.1, 0.15) is 85.9 Å². The van der Waals surface area contributed by atoms with Crippen LogP contribution < -0.4 is 4.90 Å². The summed E-state index contributed by atoms with van der Waals surface area (Å²) >= 11 is 0. The van der Waals surface area contributed by atoms with Crippen molar-refractivity contribution in [2.45, 2.75) is 70.8 Å². The van der Waals surface area contributed by atoms with Crippen LogP contribution in [0.2, 0.25) is 0 Å². The molecule has 3 aliphatic rings. The molecule has 0 aromatic heterocycles. The van der Waals surface area contributed by atoms with Gasteiger partial charge >= 0.3 is 0 Å². The minimum atomic E-state index is -0.0124. The molecule has 1 aliphatic heterocycles. The number of benzene rings is 5. The van der Waals surface area contributed by atoms with Crippen LogP contribution in [0.5, 0.6) is 0 Å². The molecular weight excluding hydrogens is 530 g/mol. The molecule has 5 aromatic rings. The molecule has 1 atom stereocenters. The minimum Gasteiger partial charge on any atom is -0.338 e. The Morgan fingerprint density at radius 1 is 0.636 bits per heavy atom. The fourth-order valence-electron chi connectivity index (χ4n) is 8.45. The second kappa shape index (κ2) is 9.83. The third-order valence-corrected chi connectivity index (χ3v) is 10.9. The van der Waals surface area contributed by atoms with E-state index in [0.29, 0.717) is 6.04 Å². The van der Waals surface area contributed by atoms with Gasteiger partial charge in [-0.2, -0.15) is 0 Å². The zero-order valence-corrected chi connectivity index (χ0v) is 26.6. The molecule has 1 nitrogen and oxygen atoms in total. The van der Waals surface area contributed by atoms with E-state index in [-0.39, 0.29) is 10.8 Å². The fourth-order valence-corrected chi connectivity index (χ4v) is 8.45. The van der Waals surface area contributed by atoms with Gasteiger partial charge in [0.15, 0.2) is 0 Å². The second-order valence-corrected chi connectivity index (χ2v) is 14.3. The maximum atomic E-state index is 2.69. The molecule has 0 amide bonds. The number of nitrogens with zero attached hydrogens (tertiary/aromatic N) is 1. The molecule has 2 aliphatic carbocycles. The van der Waals surface area contributed by atoms with Crippen molar-refractivity contribution in [2.75, 3.05) is 4.90 Å². The highest BCUT2D eigenvalue weighted by atomic mass is 15.2. The van der Waals surface area contributed by atoms with Crippen molar-refractivity contribution in [1.29, 1.82) is 0 Å². The number of anilines is 2. The van der Waals surface area contributed by atoms with Gasteiger partial charge < -0.3 is 4.90 Å². The normalized spacial score (nSPS) is 19.6. The van der Waals surface area contributed by atoms with Gasteiger partial charge in [0.2, 0.25) is 0 Å². The summed E-state index contributed by atoms with van der Waals surface area (Å²) in [6.07, 6.45) is 7.95. The highest BCUT2D eigenvalue weighted by molar-refractivity contribution is 5.88. The first-order valence-corrected chi connectivity index (χ1v) is 16.3. The van der Waals surface area contributed by atoms with E-state index in [9.17, 15) is 0 Å². The first-order chi connectivity index (χ1) is 21.2. The maximum Gasteiger partial charge on any atom is 0.0455 e. The molecule has 44 heavy (non-hydrogen) atoms. The third kappa shape index (κ3) is 4.13. The molecule has 1 unspecified atom stereocenters. The summed E-state index contributed by atoms with van der Waals surface area (Å²) in [4.78, 5) is 2.69. The number of fused-ring (bicyclic) bond motifs is 5. The van der Waals surface area contributed by atoms with Gasteiger partial charge in [0.1, 0.15) is 0 Å². The summed E-state index contributed by atoms with van der Waals surface area (Å²) in [5.74, 6) is 0. The highest BCUT2D eigenvalue weighted by Gasteiger charge is 2.44. The molecule has 0 spiro atoms. The average molecular weight is 572 g/mol. The molecule has 8 rings (SSSR count). The van der Waals surface area contributed by atoms with E-state index in [1.807, 2.05) is 0 Å². The Kier molecular flexibility index (Phi) is 6.08. The number of rotatable bonds is 3. The molecule has 0 fully saturated rings. The van der Waals surface area contributed by atoms with Crippen LogP contribution >= 0.6 is 0 Å². The van der Waals surface area contributed by atoms with Crippen molar-refractivity contribution < 1.29 is 0 Å². The van der Waals surface area contributed by atoms with Crippen molar-refractivity contribution >= 4 is 39.9 Å². The quantitative estimate of drug-likeness (QED) is 0.195. The molecule has 0 N–H and O–H groups in total. The number of hydrogen-bond donors (Lipinski definition) is 0. The zero-order chi connectivity index (χ0) is 30.2. The lowest BCUT2D eigenvalue weighted by molar-refractivity contribution is 0.508. The fraction of sp³-hybridized carbons (Fsp3) is 0.256. The highest BCUT2D eigenvalue weighted by Crippen LogP contribution is 2.56. The molecule has 0 bridgehead atoms. The Balaban J connectivity index is 1.11. The number of hydrogen-bond acceptors (Lipinski definition) is 1. The summed E-state index contributed by atoms with van der Waals surface area (Å²) in [6, 6.07) is 39.3. The molecule has 0 radical (unpaired) electrons. The Morgan fingerprint density at radius 3 is 1.98 bits per heavy atom. The average Bonchev–Trinajstić information content (AvgIpc) is 3.25. The first kappa shape index (κ1) is 27.2. The van der Waals surface area contributed by atoms with Crippen LogP contribution in [0.15, 0.2) is 109 Å². The van der Waals surface area contributed by atoms with E-state index in [1.54, 1.807) is 11.1 Å². The molecule has 218 valence electrons. The largest absolute Gasteiger partial charge is 0.338 e. The predicted octanol–water partition coefficient (Wildman–Crippen LogP) is 11.4. The van der Waals surface area contributed by atoms with Gasteiger partial charge in [0.05, 0.1) is 0 Å². The molecule has 1 heteroatoms. The van der Waals surface area contributed by atoms with Gasteiger partial charge in [-0.25, -0.2) is 0 Å². The predicted molar refractivity (Wildman–Crippen MR) is 189 cm³/mol. The summed E-state index contributed by atoms with van der Waals surface area (Å²) in [6.45, 7) is 11.8. The lowest BCUT2D eigenvalue weighted by Crippen LogP contribution is -2.41. The minimum absolute atomic E-state index is 0.0124. The van der Waals surface area contributed by atoms with Gasteiger partial charge in [-0.3, -0.25) is 0 Å². The van der Waals surface area contributed by atoms with E-state index in [0.717, 1.165) is 12.8 Å². The van der Waals surface area contributed by atoms with Crippen LogP contribution in [0.25, 0.3) is 28.5 Å². The van der Waals surface area contributed by atoms with Gasteiger partial charge in [0, 0.05) is 28.2 Å². The topological polar surface area (TPSA) is 3.24 Å². The van der Waals surface area contributed by atoms with Crippen LogP contribution in [0.3, 0.4) is 0 Å². The molecule has 1 heterocycles. The SMILES string of the molecule is Cc1ccc2cc(C=Cc3ccc4c(c3)C(C)(C)C3=C4CCC(N4c5ccccc5C(C)(C)c5ccccc54)C3)ccc2c1. The van der Waals surface area contributed by atoms with Crippen LogP contribution in [-0.2, 0) is 10.8 Å². The number of allylic oxidation sites excluding steroid dienone is 1. The first-order valence-electron chi connectivity index (χ1n) is 16.3. The van der Waals surface area contributed by atoms with E-state index in [2.05, 4.69) is 155 Å². The van der Waals surface area contributed by atoms with Gasteiger partial charge in [0.25, 0.3) is 0 Å².